The highest BCUT2D eigenvalue weighted by Gasteiger charge is 2.14. The highest BCUT2D eigenvalue weighted by Crippen LogP contribution is 2.30. The summed E-state index contributed by atoms with van der Waals surface area (Å²) in [4.78, 5) is 22.8. The lowest BCUT2D eigenvalue weighted by Gasteiger charge is -2.12. The summed E-state index contributed by atoms with van der Waals surface area (Å²) < 4.78 is 0.465. The first-order valence-electron chi connectivity index (χ1n) is 6.83. The molecule has 2 amide bonds. The van der Waals surface area contributed by atoms with Gasteiger partial charge in [-0.15, -0.1) is 10.2 Å². The van der Waals surface area contributed by atoms with Gasteiger partial charge in [-0.2, -0.15) is 0 Å². The summed E-state index contributed by atoms with van der Waals surface area (Å²) in [5, 5.41) is 23.4. The summed E-state index contributed by atoms with van der Waals surface area (Å²) in [6, 6.07) is 6.93. The van der Waals surface area contributed by atoms with Gasteiger partial charge in [-0.05, 0) is 25.5 Å². The van der Waals surface area contributed by atoms with E-state index in [2.05, 4.69) is 20.8 Å². The predicted octanol–water partition coefficient (Wildman–Crippen LogP) is 2.11. The van der Waals surface area contributed by atoms with Gasteiger partial charge in [-0.3, -0.25) is 5.32 Å². The highest BCUT2D eigenvalue weighted by molar-refractivity contribution is 8.02. The first-order chi connectivity index (χ1) is 11.0. The number of anilines is 2. The highest BCUT2D eigenvalue weighted by atomic mass is 32.2. The molecule has 122 valence electrons. The first-order valence-corrected chi connectivity index (χ1v) is 8.53. The number of carboxylic acids is 1. The number of benzene rings is 1. The minimum Gasteiger partial charge on any atom is -0.549 e. The number of carboxylic acid groups (broad SMARTS) is 1. The minimum absolute atomic E-state index is 0.297. The van der Waals surface area contributed by atoms with Crippen LogP contribution in [-0.2, 0) is 4.79 Å². The van der Waals surface area contributed by atoms with Crippen LogP contribution < -0.4 is 15.7 Å². The smallest absolute Gasteiger partial charge is 0.325 e. The Kier molecular flexibility index (Phi) is 5.94. The molecule has 9 heteroatoms. The van der Waals surface area contributed by atoms with E-state index in [0.717, 1.165) is 28.7 Å². The van der Waals surface area contributed by atoms with Gasteiger partial charge in [0.15, 0.2) is 4.34 Å². The normalized spacial score (nSPS) is 11.7. The molecule has 0 radical (unpaired) electrons. The van der Waals surface area contributed by atoms with Crippen LogP contribution in [0.2, 0.25) is 0 Å². The van der Waals surface area contributed by atoms with Crippen molar-refractivity contribution in [2.45, 2.75) is 29.9 Å². The summed E-state index contributed by atoms with van der Waals surface area (Å²) in [7, 11) is 0. The third-order valence-corrected chi connectivity index (χ3v) is 5.08. The summed E-state index contributed by atoms with van der Waals surface area (Å²) in [5.41, 5.74) is 1.76. The van der Waals surface area contributed by atoms with Crippen LogP contribution in [0.15, 0.2) is 28.6 Å². The number of carbonyl (C=O) groups is 2. The van der Waals surface area contributed by atoms with E-state index in [9.17, 15) is 14.7 Å². The number of nitrogens with zero attached hydrogens (tertiary/aromatic N) is 2. The maximum Gasteiger partial charge on any atom is 0.325 e. The summed E-state index contributed by atoms with van der Waals surface area (Å²) >= 11 is 2.17. The van der Waals surface area contributed by atoms with Crippen LogP contribution in [0, 0.1) is 6.92 Å². The van der Waals surface area contributed by atoms with Gasteiger partial charge in [0.25, 0.3) is 0 Å². The van der Waals surface area contributed by atoms with E-state index in [1.54, 1.807) is 19.1 Å². The van der Waals surface area contributed by atoms with Crippen LogP contribution in [-0.4, -0.2) is 27.4 Å². The molecule has 0 aliphatic carbocycles. The number of carbonyl (C=O) groups excluding carboxylic acids is 2. The zero-order valence-corrected chi connectivity index (χ0v) is 14.2. The van der Waals surface area contributed by atoms with Crippen molar-refractivity contribution in [3.63, 3.8) is 0 Å². The lowest BCUT2D eigenvalue weighted by atomic mass is 10.2. The minimum atomic E-state index is -1.14. The Bertz CT molecular complexity index is 688. The number of nitrogens with one attached hydrogen (secondary N) is 2. The third kappa shape index (κ3) is 5.22. The van der Waals surface area contributed by atoms with Gasteiger partial charge < -0.3 is 15.2 Å². The molecule has 2 rings (SSSR count). The number of thioether (sulfide) groups is 1. The Morgan fingerprint density at radius 3 is 2.57 bits per heavy atom. The Morgan fingerprint density at radius 1 is 1.26 bits per heavy atom. The van der Waals surface area contributed by atoms with E-state index < -0.39 is 17.3 Å². The van der Waals surface area contributed by atoms with E-state index >= 15 is 0 Å². The lowest BCUT2D eigenvalue weighted by molar-refractivity contribution is -0.304. The molecule has 7 nitrogen and oxygen atoms in total. The zero-order chi connectivity index (χ0) is 16.8. The summed E-state index contributed by atoms with van der Waals surface area (Å²) in [5.74, 6) is -1.14. The monoisotopic (exact) mass is 351 g/mol. The topological polar surface area (TPSA) is 107 Å². The molecule has 0 saturated carbocycles. The molecule has 0 aliphatic heterocycles. The molecule has 1 aromatic heterocycles. The fraction of sp³-hybridized carbons (Fsp3) is 0.286. The Morgan fingerprint density at radius 2 is 1.96 bits per heavy atom. The number of urea groups is 1. The van der Waals surface area contributed by atoms with Crippen molar-refractivity contribution in [3.05, 3.63) is 29.8 Å². The number of aryl methyl sites for hydroxylation is 1. The van der Waals surface area contributed by atoms with Gasteiger partial charge >= 0.3 is 6.03 Å². The predicted molar refractivity (Wildman–Crippen MR) is 88.7 cm³/mol. The molecule has 0 unspecified atom stereocenters. The van der Waals surface area contributed by atoms with E-state index in [1.807, 2.05) is 19.1 Å². The number of aliphatic carboxylic acids is 1. The van der Waals surface area contributed by atoms with Crippen LogP contribution in [0.1, 0.15) is 18.9 Å². The molecule has 0 spiro atoms. The fourth-order valence-electron chi connectivity index (χ4n) is 1.62. The van der Waals surface area contributed by atoms with Gasteiger partial charge in [0.2, 0.25) is 5.13 Å². The van der Waals surface area contributed by atoms with Crippen molar-refractivity contribution in [1.82, 2.24) is 10.2 Å². The standard InChI is InChI=1S/C14H16N4O3S2/c1-3-10(11(19)20)22-14-18-17-13(23-14)16-12(21)15-9-6-4-8(2)5-7-9/h4-7,10H,3H2,1-2H3,(H,19,20)(H2,15,16,17,21)/p-1/t10-/m1/s1. The van der Waals surface area contributed by atoms with Crippen LogP contribution >= 0.6 is 23.1 Å². The maximum absolute atomic E-state index is 11.9. The SMILES string of the molecule is CC[C@@H](Sc1nnc(NC(=O)Nc2ccc(C)cc2)s1)C(=O)[O-]. The molecule has 0 saturated heterocycles. The Hall–Kier alpha value is -2.13. The quantitative estimate of drug-likeness (QED) is 0.610. The number of aromatic nitrogens is 2. The van der Waals surface area contributed by atoms with Crippen molar-refractivity contribution in [2.75, 3.05) is 10.6 Å². The van der Waals surface area contributed by atoms with Crippen LogP contribution in [0.3, 0.4) is 0 Å². The van der Waals surface area contributed by atoms with Crippen molar-refractivity contribution in [3.8, 4) is 0 Å². The molecule has 23 heavy (non-hydrogen) atoms. The lowest BCUT2D eigenvalue weighted by Crippen LogP contribution is -2.32. The molecule has 0 bridgehead atoms. The van der Waals surface area contributed by atoms with Gasteiger partial charge in [-0.1, -0.05) is 47.7 Å². The molecule has 1 aromatic carbocycles. The van der Waals surface area contributed by atoms with E-state index in [1.165, 1.54) is 0 Å². The second kappa shape index (κ2) is 7.93. The largest absolute Gasteiger partial charge is 0.549 e. The molecule has 2 aromatic rings. The molecule has 1 heterocycles. The van der Waals surface area contributed by atoms with Gasteiger partial charge in [0, 0.05) is 5.69 Å². The van der Waals surface area contributed by atoms with Gasteiger partial charge in [0.05, 0.1) is 11.2 Å². The van der Waals surface area contributed by atoms with Crippen LogP contribution in [0.4, 0.5) is 15.6 Å². The Balaban J connectivity index is 1.91. The van der Waals surface area contributed by atoms with E-state index in [0.29, 0.717) is 21.6 Å². The summed E-state index contributed by atoms with van der Waals surface area (Å²) in [6.07, 6.45) is 0.420. The van der Waals surface area contributed by atoms with Crippen LogP contribution in [0.5, 0.6) is 0 Å². The van der Waals surface area contributed by atoms with Gasteiger partial charge in [0.1, 0.15) is 0 Å². The fourth-order valence-corrected chi connectivity index (χ4v) is 3.47. The van der Waals surface area contributed by atoms with E-state index in [-0.39, 0.29) is 0 Å². The first kappa shape index (κ1) is 17.2. The summed E-state index contributed by atoms with van der Waals surface area (Å²) in [6.45, 7) is 3.71. The molecule has 0 fully saturated rings. The number of rotatable bonds is 6. The average molecular weight is 351 g/mol. The second-order valence-corrected chi connectivity index (χ2v) is 7.08. The average Bonchev–Trinajstić information content (AvgIpc) is 2.94. The zero-order valence-electron chi connectivity index (χ0n) is 12.5. The number of amides is 2. The number of hydrogen-bond acceptors (Lipinski definition) is 7. The van der Waals surface area contributed by atoms with E-state index in [4.69, 9.17) is 0 Å². The molecule has 2 N–H and O–H groups in total. The van der Waals surface area contributed by atoms with Crippen molar-refractivity contribution < 1.29 is 14.7 Å². The van der Waals surface area contributed by atoms with Gasteiger partial charge in [-0.25, -0.2) is 4.79 Å². The molecular formula is C14H15N4O3S2-. The van der Waals surface area contributed by atoms with Crippen LogP contribution in [0.25, 0.3) is 0 Å². The van der Waals surface area contributed by atoms with Crippen molar-refractivity contribution >= 4 is 45.9 Å². The maximum atomic E-state index is 11.9. The molecule has 1 atom stereocenters. The molecular weight excluding hydrogens is 336 g/mol. The third-order valence-electron chi connectivity index (χ3n) is 2.81. The van der Waals surface area contributed by atoms with Crippen molar-refractivity contribution in [1.29, 1.82) is 0 Å². The number of hydrogen-bond donors (Lipinski definition) is 2. The second-order valence-electron chi connectivity index (χ2n) is 4.65. The Labute approximate surface area is 141 Å². The molecule has 0 aliphatic rings. The van der Waals surface area contributed by atoms with Crippen molar-refractivity contribution in [2.24, 2.45) is 0 Å².